The molecule has 2 aliphatic rings. The molecule has 0 atom stereocenters. The van der Waals surface area contributed by atoms with Crippen molar-refractivity contribution >= 4 is 35.2 Å². The summed E-state index contributed by atoms with van der Waals surface area (Å²) in [4.78, 5) is 37.9. The molecule has 0 spiro atoms. The lowest BCUT2D eigenvalue weighted by Gasteiger charge is -2.17. The maximum absolute atomic E-state index is 12.0. The van der Waals surface area contributed by atoms with Gasteiger partial charge in [0.2, 0.25) is 5.91 Å². The van der Waals surface area contributed by atoms with Gasteiger partial charge in [-0.25, -0.2) is 4.79 Å². The molecule has 3 rings (SSSR count). The molecule has 0 saturated carbocycles. The van der Waals surface area contributed by atoms with Crippen molar-refractivity contribution in [2.45, 2.75) is 17.7 Å². The molecule has 0 bridgehead atoms. The average Bonchev–Trinajstić information content (AvgIpc) is 3.06. The minimum Gasteiger partial charge on any atom is -0.452 e. The van der Waals surface area contributed by atoms with Gasteiger partial charge in [0, 0.05) is 18.0 Å². The number of hydrogen-bond donors (Lipinski definition) is 1. The fraction of sp³-hybridized carbons (Fsp3) is 0.400. The van der Waals surface area contributed by atoms with Crippen molar-refractivity contribution in [1.82, 2.24) is 4.90 Å². The number of fused-ring (bicyclic) bond motifs is 1. The Hall–Kier alpha value is -2.02. The number of benzene rings is 1. The lowest BCUT2D eigenvalue weighted by molar-refractivity contribution is -0.133. The predicted octanol–water partition coefficient (Wildman–Crippen LogP) is 1.51. The van der Waals surface area contributed by atoms with E-state index in [1.807, 2.05) is 0 Å². The Bertz CT molecular complexity index is 626. The van der Waals surface area contributed by atoms with Crippen LogP contribution in [-0.2, 0) is 14.3 Å². The van der Waals surface area contributed by atoms with Gasteiger partial charge in [-0.1, -0.05) is 0 Å². The third-order valence-corrected chi connectivity index (χ3v) is 4.71. The van der Waals surface area contributed by atoms with Crippen LogP contribution in [0.5, 0.6) is 0 Å². The van der Waals surface area contributed by atoms with Crippen LogP contribution in [0.15, 0.2) is 23.1 Å². The van der Waals surface area contributed by atoms with E-state index in [-0.39, 0.29) is 18.4 Å². The fourth-order valence-corrected chi connectivity index (χ4v) is 3.27. The first-order valence-corrected chi connectivity index (χ1v) is 8.13. The van der Waals surface area contributed by atoms with Crippen LogP contribution in [0.1, 0.15) is 23.2 Å². The summed E-state index contributed by atoms with van der Waals surface area (Å²) in [7, 11) is 0. The second kappa shape index (κ2) is 6.39. The van der Waals surface area contributed by atoms with Crippen LogP contribution in [0.3, 0.4) is 0 Å². The summed E-state index contributed by atoms with van der Waals surface area (Å²) < 4.78 is 5.07. The largest absolute Gasteiger partial charge is 0.452 e. The van der Waals surface area contributed by atoms with Gasteiger partial charge in [-0.3, -0.25) is 9.59 Å². The summed E-state index contributed by atoms with van der Waals surface area (Å²) in [5.74, 6) is -0.429. The van der Waals surface area contributed by atoms with Crippen molar-refractivity contribution in [2.24, 2.45) is 0 Å². The zero-order chi connectivity index (χ0) is 15.5. The van der Waals surface area contributed by atoms with Crippen LogP contribution < -0.4 is 5.32 Å². The minimum atomic E-state index is -0.555. The van der Waals surface area contributed by atoms with Gasteiger partial charge >= 0.3 is 5.97 Å². The molecule has 1 N–H and O–H groups in total. The molecule has 2 aliphatic heterocycles. The maximum atomic E-state index is 12.0. The molecule has 1 fully saturated rings. The van der Waals surface area contributed by atoms with E-state index in [1.54, 1.807) is 23.1 Å². The smallest absolute Gasteiger partial charge is 0.338 e. The summed E-state index contributed by atoms with van der Waals surface area (Å²) in [5, 5.41) is 2.72. The van der Waals surface area contributed by atoms with Gasteiger partial charge in [0.25, 0.3) is 5.91 Å². The molecule has 116 valence electrons. The van der Waals surface area contributed by atoms with E-state index >= 15 is 0 Å². The Morgan fingerprint density at radius 3 is 2.82 bits per heavy atom. The molecule has 0 aliphatic carbocycles. The number of hydrogen-bond acceptors (Lipinski definition) is 5. The van der Waals surface area contributed by atoms with Crippen molar-refractivity contribution in [1.29, 1.82) is 0 Å². The Kier molecular flexibility index (Phi) is 4.33. The number of ether oxygens (including phenoxy) is 1. The second-order valence-corrected chi connectivity index (χ2v) is 6.23. The lowest BCUT2D eigenvalue weighted by Crippen LogP contribution is -2.32. The SMILES string of the molecule is O=C1CSc2ccc(C(=O)OCC(=O)N3CCCC3)cc2N1. The van der Waals surface area contributed by atoms with Crippen molar-refractivity contribution < 1.29 is 19.1 Å². The van der Waals surface area contributed by atoms with Crippen LogP contribution in [0.25, 0.3) is 0 Å². The molecule has 0 radical (unpaired) electrons. The van der Waals surface area contributed by atoms with Gasteiger partial charge in [0.05, 0.1) is 17.0 Å². The van der Waals surface area contributed by atoms with E-state index in [2.05, 4.69) is 5.32 Å². The van der Waals surface area contributed by atoms with Gasteiger partial charge < -0.3 is 15.0 Å². The number of esters is 1. The number of nitrogens with zero attached hydrogens (tertiary/aromatic N) is 1. The third-order valence-electron chi connectivity index (χ3n) is 3.63. The fourth-order valence-electron chi connectivity index (χ4n) is 2.48. The summed E-state index contributed by atoms with van der Waals surface area (Å²) in [6.45, 7) is 1.23. The second-order valence-electron chi connectivity index (χ2n) is 5.21. The first-order valence-electron chi connectivity index (χ1n) is 7.15. The van der Waals surface area contributed by atoms with Crippen LogP contribution in [-0.4, -0.2) is 48.1 Å². The van der Waals surface area contributed by atoms with E-state index in [4.69, 9.17) is 4.74 Å². The number of nitrogens with one attached hydrogen (secondary N) is 1. The van der Waals surface area contributed by atoms with Crippen LogP contribution in [0.2, 0.25) is 0 Å². The summed E-state index contributed by atoms with van der Waals surface area (Å²) in [6.07, 6.45) is 2.00. The quantitative estimate of drug-likeness (QED) is 0.855. The van der Waals surface area contributed by atoms with Crippen molar-refractivity contribution in [3.63, 3.8) is 0 Å². The van der Waals surface area contributed by atoms with Gasteiger partial charge in [-0.05, 0) is 31.0 Å². The van der Waals surface area contributed by atoms with E-state index < -0.39 is 5.97 Å². The van der Waals surface area contributed by atoms with E-state index in [0.29, 0.717) is 17.0 Å². The van der Waals surface area contributed by atoms with E-state index in [0.717, 1.165) is 30.8 Å². The highest BCUT2D eigenvalue weighted by Gasteiger charge is 2.21. The molecule has 1 saturated heterocycles. The van der Waals surface area contributed by atoms with Gasteiger partial charge in [-0.15, -0.1) is 11.8 Å². The van der Waals surface area contributed by atoms with Crippen molar-refractivity contribution in [2.75, 3.05) is 30.8 Å². The average molecular weight is 320 g/mol. The molecular formula is C15H16N2O4S. The lowest BCUT2D eigenvalue weighted by atomic mass is 10.2. The number of likely N-dealkylation sites (tertiary alicyclic amines) is 1. The first kappa shape index (κ1) is 14.9. The van der Waals surface area contributed by atoms with Crippen molar-refractivity contribution in [3.8, 4) is 0 Å². The van der Waals surface area contributed by atoms with Gasteiger partial charge in [-0.2, -0.15) is 0 Å². The summed E-state index contributed by atoms with van der Waals surface area (Å²) >= 11 is 1.43. The molecule has 7 heteroatoms. The molecular weight excluding hydrogens is 304 g/mol. The Morgan fingerprint density at radius 2 is 2.05 bits per heavy atom. The maximum Gasteiger partial charge on any atom is 0.338 e. The van der Waals surface area contributed by atoms with E-state index in [9.17, 15) is 14.4 Å². The number of anilines is 1. The molecule has 2 heterocycles. The Morgan fingerprint density at radius 1 is 1.27 bits per heavy atom. The normalized spacial score (nSPS) is 16.9. The summed E-state index contributed by atoms with van der Waals surface area (Å²) in [5.41, 5.74) is 0.942. The first-order chi connectivity index (χ1) is 10.6. The molecule has 1 aromatic rings. The molecule has 22 heavy (non-hydrogen) atoms. The third kappa shape index (κ3) is 3.24. The minimum absolute atomic E-state index is 0.0905. The van der Waals surface area contributed by atoms with E-state index in [1.165, 1.54) is 11.8 Å². The molecule has 0 unspecified atom stereocenters. The van der Waals surface area contributed by atoms with Crippen molar-refractivity contribution in [3.05, 3.63) is 23.8 Å². The van der Waals surface area contributed by atoms with Gasteiger partial charge in [0.1, 0.15) is 0 Å². The molecule has 1 aromatic carbocycles. The Labute approximate surface area is 132 Å². The standard InChI is InChI=1S/C15H16N2O4S/c18-13-9-22-12-4-3-10(7-11(12)16-13)15(20)21-8-14(19)17-5-1-2-6-17/h3-4,7H,1-2,5-6,8-9H2,(H,16,18). The zero-order valence-corrected chi connectivity index (χ0v) is 12.8. The highest BCUT2D eigenvalue weighted by Crippen LogP contribution is 2.32. The molecule has 6 nitrogen and oxygen atoms in total. The zero-order valence-electron chi connectivity index (χ0n) is 12.0. The van der Waals surface area contributed by atoms with Crippen LogP contribution >= 0.6 is 11.8 Å². The Balaban J connectivity index is 1.61. The van der Waals surface area contributed by atoms with Crippen LogP contribution in [0.4, 0.5) is 5.69 Å². The van der Waals surface area contributed by atoms with Gasteiger partial charge in [0.15, 0.2) is 6.61 Å². The number of rotatable bonds is 3. The highest BCUT2D eigenvalue weighted by molar-refractivity contribution is 8.00. The number of carbonyl (C=O) groups is 3. The molecule has 0 aromatic heterocycles. The number of carbonyl (C=O) groups excluding carboxylic acids is 3. The molecule has 2 amide bonds. The topological polar surface area (TPSA) is 75.7 Å². The van der Waals surface area contributed by atoms with Crippen LogP contribution in [0, 0.1) is 0 Å². The number of amides is 2. The predicted molar refractivity (Wildman–Crippen MR) is 81.9 cm³/mol. The summed E-state index contributed by atoms with van der Waals surface area (Å²) in [6, 6.07) is 5.01. The highest BCUT2D eigenvalue weighted by atomic mass is 32.2. The number of thioether (sulfide) groups is 1. The monoisotopic (exact) mass is 320 g/mol.